The van der Waals surface area contributed by atoms with E-state index in [0.29, 0.717) is 32.1 Å². The van der Waals surface area contributed by atoms with E-state index in [1.165, 1.54) is 0 Å². The van der Waals surface area contributed by atoms with Gasteiger partial charge in [-0.05, 0) is 25.3 Å². The number of rotatable bonds is 6. The number of hydrogen-bond acceptors (Lipinski definition) is 4. The lowest BCUT2D eigenvalue weighted by atomic mass is 10.0. The second kappa shape index (κ2) is 5.93. The molecule has 1 aromatic rings. The number of aliphatic carboxylic acids is 1. The van der Waals surface area contributed by atoms with Gasteiger partial charge in [-0.1, -0.05) is 13.8 Å². The van der Waals surface area contributed by atoms with Crippen LogP contribution in [-0.2, 0) is 11.3 Å². The minimum absolute atomic E-state index is 0.389. The van der Waals surface area contributed by atoms with E-state index in [1.54, 1.807) is 0 Å². The van der Waals surface area contributed by atoms with Crippen LogP contribution in [0.15, 0.2) is 12.3 Å². The SMILES string of the molecule is CCC(CC)n1ccc(CN2CCC(N)(C(=O)O)C2)n1. The summed E-state index contributed by atoms with van der Waals surface area (Å²) in [6.07, 6.45) is 4.63. The normalized spacial score (nSPS) is 23.6. The molecule has 2 heterocycles. The molecular formula is C14H24N4O2. The van der Waals surface area contributed by atoms with Crippen molar-refractivity contribution in [3.8, 4) is 0 Å². The Morgan fingerprint density at radius 3 is 2.80 bits per heavy atom. The van der Waals surface area contributed by atoms with Gasteiger partial charge in [0.2, 0.25) is 0 Å². The molecule has 0 spiro atoms. The van der Waals surface area contributed by atoms with Gasteiger partial charge in [0.15, 0.2) is 0 Å². The number of aromatic nitrogens is 2. The summed E-state index contributed by atoms with van der Waals surface area (Å²) < 4.78 is 2.01. The summed E-state index contributed by atoms with van der Waals surface area (Å²) in [5.41, 5.74) is 5.75. The number of carbonyl (C=O) groups is 1. The van der Waals surface area contributed by atoms with Gasteiger partial charge in [-0.15, -0.1) is 0 Å². The fourth-order valence-corrected chi connectivity index (χ4v) is 2.78. The van der Waals surface area contributed by atoms with Gasteiger partial charge in [0, 0.05) is 25.8 Å². The Kier molecular flexibility index (Phi) is 4.45. The number of hydrogen-bond donors (Lipinski definition) is 2. The first-order valence-corrected chi connectivity index (χ1v) is 7.27. The quantitative estimate of drug-likeness (QED) is 0.819. The molecule has 1 fully saturated rings. The molecule has 0 aromatic carbocycles. The van der Waals surface area contributed by atoms with Crippen LogP contribution in [0.25, 0.3) is 0 Å². The fourth-order valence-electron chi connectivity index (χ4n) is 2.78. The Hall–Kier alpha value is -1.40. The van der Waals surface area contributed by atoms with Crippen molar-refractivity contribution >= 4 is 5.97 Å². The predicted molar refractivity (Wildman–Crippen MR) is 76.3 cm³/mol. The summed E-state index contributed by atoms with van der Waals surface area (Å²) in [6.45, 7) is 6.08. The molecule has 1 aliphatic rings. The van der Waals surface area contributed by atoms with Gasteiger partial charge in [0.25, 0.3) is 0 Å². The zero-order valence-corrected chi connectivity index (χ0v) is 12.2. The van der Waals surface area contributed by atoms with E-state index in [2.05, 4.69) is 23.8 Å². The van der Waals surface area contributed by atoms with Crippen LogP contribution < -0.4 is 5.73 Å². The molecule has 1 aromatic heterocycles. The Morgan fingerprint density at radius 1 is 1.55 bits per heavy atom. The van der Waals surface area contributed by atoms with Crippen LogP contribution in [0.1, 0.15) is 44.8 Å². The first-order chi connectivity index (χ1) is 9.48. The average molecular weight is 280 g/mol. The third-order valence-corrected chi connectivity index (χ3v) is 4.17. The molecule has 0 radical (unpaired) electrons. The van der Waals surface area contributed by atoms with E-state index < -0.39 is 11.5 Å². The first-order valence-electron chi connectivity index (χ1n) is 7.27. The molecule has 1 atom stereocenters. The van der Waals surface area contributed by atoms with Crippen LogP contribution in [0.4, 0.5) is 0 Å². The van der Waals surface area contributed by atoms with Crippen molar-refractivity contribution in [3.63, 3.8) is 0 Å². The summed E-state index contributed by atoms with van der Waals surface area (Å²) in [5.74, 6) is -0.914. The molecule has 2 rings (SSSR count). The highest BCUT2D eigenvalue weighted by molar-refractivity contribution is 5.79. The Labute approximate surface area is 119 Å². The lowest BCUT2D eigenvalue weighted by Gasteiger charge is -2.19. The van der Waals surface area contributed by atoms with E-state index in [1.807, 2.05) is 16.9 Å². The van der Waals surface area contributed by atoms with Crippen LogP contribution >= 0.6 is 0 Å². The monoisotopic (exact) mass is 280 g/mol. The highest BCUT2D eigenvalue weighted by Crippen LogP contribution is 2.21. The number of carboxylic acid groups (broad SMARTS) is 1. The maximum absolute atomic E-state index is 11.1. The lowest BCUT2D eigenvalue weighted by molar-refractivity contribution is -0.142. The zero-order valence-electron chi connectivity index (χ0n) is 12.2. The summed E-state index contributed by atoms with van der Waals surface area (Å²) in [4.78, 5) is 13.2. The summed E-state index contributed by atoms with van der Waals surface area (Å²) in [5, 5.41) is 13.7. The van der Waals surface area contributed by atoms with Gasteiger partial charge in [-0.2, -0.15) is 5.10 Å². The Balaban J connectivity index is 1.97. The molecule has 6 heteroatoms. The van der Waals surface area contributed by atoms with E-state index in [4.69, 9.17) is 10.8 Å². The predicted octanol–water partition coefficient (Wildman–Crippen LogP) is 1.23. The summed E-state index contributed by atoms with van der Waals surface area (Å²) in [6, 6.07) is 2.45. The average Bonchev–Trinajstić information content (AvgIpc) is 3.00. The van der Waals surface area contributed by atoms with E-state index in [-0.39, 0.29) is 0 Å². The van der Waals surface area contributed by atoms with Gasteiger partial charge in [0.05, 0.1) is 11.7 Å². The van der Waals surface area contributed by atoms with Crippen molar-refractivity contribution in [2.45, 2.75) is 51.2 Å². The van der Waals surface area contributed by atoms with E-state index >= 15 is 0 Å². The molecule has 20 heavy (non-hydrogen) atoms. The molecule has 0 amide bonds. The van der Waals surface area contributed by atoms with E-state index in [0.717, 1.165) is 18.5 Å². The van der Waals surface area contributed by atoms with Gasteiger partial charge in [-0.25, -0.2) is 0 Å². The van der Waals surface area contributed by atoms with Crippen molar-refractivity contribution in [1.29, 1.82) is 0 Å². The summed E-state index contributed by atoms with van der Waals surface area (Å²) >= 11 is 0. The third-order valence-electron chi connectivity index (χ3n) is 4.17. The number of nitrogens with zero attached hydrogens (tertiary/aromatic N) is 3. The maximum atomic E-state index is 11.1. The van der Waals surface area contributed by atoms with Gasteiger partial charge in [0.1, 0.15) is 5.54 Å². The smallest absolute Gasteiger partial charge is 0.325 e. The molecule has 6 nitrogen and oxygen atoms in total. The Bertz CT molecular complexity index is 469. The minimum atomic E-state index is -1.10. The standard InChI is InChI=1S/C14H24N4O2/c1-3-12(4-2)18-7-5-11(16-18)9-17-8-6-14(15,10-17)13(19)20/h5,7,12H,3-4,6,8-10,15H2,1-2H3,(H,19,20). The molecule has 1 saturated heterocycles. The number of carboxylic acids is 1. The number of nitrogens with two attached hydrogens (primary N) is 1. The van der Waals surface area contributed by atoms with Crippen LogP contribution in [0, 0.1) is 0 Å². The first kappa shape index (κ1) is 15.0. The highest BCUT2D eigenvalue weighted by Gasteiger charge is 2.41. The van der Waals surface area contributed by atoms with Crippen LogP contribution in [0.5, 0.6) is 0 Å². The molecule has 1 aliphatic heterocycles. The van der Waals surface area contributed by atoms with Gasteiger partial charge in [-0.3, -0.25) is 14.4 Å². The van der Waals surface area contributed by atoms with Gasteiger partial charge < -0.3 is 10.8 Å². The van der Waals surface area contributed by atoms with Crippen LogP contribution in [0.3, 0.4) is 0 Å². The minimum Gasteiger partial charge on any atom is -0.480 e. The zero-order chi connectivity index (χ0) is 14.8. The molecule has 112 valence electrons. The maximum Gasteiger partial charge on any atom is 0.325 e. The molecule has 3 N–H and O–H groups in total. The number of likely N-dealkylation sites (tertiary alicyclic amines) is 1. The fraction of sp³-hybridized carbons (Fsp3) is 0.714. The third kappa shape index (κ3) is 3.02. The van der Waals surface area contributed by atoms with Crippen molar-refractivity contribution in [3.05, 3.63) is 18.0 Å². The molecule has 0 bridgehead atoms. The second-order valence-electron chi connectivity index (χ2n) is 5.68. The highest BCUT2D eigenvalue weighted by atomic mass is 16.4. The van der Waals surface area contributed by atoms with Crippen molar-refractivity contribution in [2.75, 3.05) is 13.1 Å². The van der Waals surface area contributed by atoms with Crippen LogP contribution in [-0.4, -0.2) is 44.4 Å². The van der Waals surface area contributed by atoms with Crippen molar-refractivity contribution < 1.29 is 9.90 Å². The lowest BCUT2D eigenvalue weighted by Crippen LogP contribution is -2.50. The molecule has 1 unspecified atom stereocenters. The van der Waals surface area contributed by atoms with Crippen LogP contribution in [0.2, 0.25) is 0 Å². The molecule has 0 saturated carbocycles. The topological polar surface area (TPSA) is 84.4 Å². The molecular weight excluding hydrogens is 256 g/mol. The van der Waals surface area contributed by atoms with Gasteiger partial charge >= 0.3 is 5.97 Å². The largest absolute Gasteiger partial charge is 0.480 e. The summed E-state index contributed by atoms with van der Waals surface area (Å²) in [7, 11) is 0. The second-order valence-corrected chi connectivity index (χ2v) is 5.68. The molecule has 0 aliphatic carbocycles. The van der Waals surface area contributed by atoms with Crippen molar-refractivity contribution in [1.82, 2.24) is 14.7 Å². The Morgan fingerprint density at radius 2 is 2.25 bits per heavy atom. The van der Waals surface area contributed by atoms with Crippen molar-refractivity contribution in [2.24, 2.45) is 5.73 Å². The van der Waals surface area contributed by atoms with E-state index in [9.17, 15) is 4.79 Å².